The Labute approximate surface area is 246 Å². The van der Waals surface area contributed by atoms with E-state index in [-0.39, 0.29) is 12.2 Å². The molecule has 0 bridgehead atoms. The molecule has 40 heavy (non-hydrogen) atoms. The summed E-state index contributed by atoms with van der Waals surface area (Å²) in [5.74, 6) is 5.20. The Kier molecular flexibility index (Phi) is 9.62. The first-order valence-electron chi connectivity index (χ1n) is 17.1. The largest absolute Gasteiger partial charge is 0.446 e. The lowest BCUT2D eigenvalue weighted by Crippen LogP contribution is -2.51. The van der Waals surface area contributed by atoms with Crippen molar-refractivity contribution in [2.24, 2.45) is 46.3 Å². The van der Waals surface area contributed by atoms with Gasteiger partial charge < -0.3 is 15.0 Å². The summed E-state index contributed by atoms with van der Waals surface area (Å²) in [6.07, 6.45) is 16.8. The van der Waals surface area contributed by atoms with Crippen molar-refractivity contribution >= 4 is 6.09 Å². The Morgan fingerprint density at radius 1 is 1.02 bits per heavy atom. The lowest BCUT2D eigenvalue weighted by molar-refractivity contribution is -0.0581. The van der Waals surface area contributed by atoms with E-state index in [0.29, 0.717) is 17.4 Å². The summed E-state index contributed by atoms with van der Waals surface area (Å²) < 4.78 is 5.98. The maximum absolute atomic E-state index is 12.6. The van der Waals surface area contributed by atoms with E-state index in [0.717, 1.165) is 81.1 Å². The van der Waals surface area contributed by atoms with Crippen LogP contribution in [0, 0.1) is 46.3 Å². The molecule has 0 radical (unpaired) electrons. The number of piperazine rings is 1. The quantitative estimate of drug-likeness (QED) is 0.302. The second-order valence-corrected chi connectivity index (χ2v) is 15.6. The minimum Gasteiger partial charge on any atom is -0.446 e. The third kappa shape index (κ3) is 6.31. The van der Waals surface area contributed by atoms with E-state index in [9.17, 15) is 4.79 Å². The number of allylic oxidation sites excluding steroid dienone is 1. The Balaban J connectivity index is 1.13. The molecule has 1 aliphatic heterocycles. The van der Waals surface area contributed by atoms with Gasteiger partial charge in [-0.1, -0.05) is 65.5 Å². The molecule has 0 aromatic heterocycles. The highest BCUT2D eigenvalue weighted by molar-refractivity contribution is 5.67. The molecule has 8 atom stereocenters. The number of rotatable bonds is 9. The highest BCUT2D eigenvalue weighted by atomic mass is 16.6. The van der Waals surface area contributed by atoms with E-state index < -0.39 is 0 Å². The molecule has 5 rings (SSSR count). The molecule has 0 spiro atoms. The molecule has 0 aromatic rings. The number of nitrogens with one attached hydrogen (secondary N) is 1. The van der Waals surface area contributed by atoms with Crippen molar-refractivity contribution in [2.45, 2.75) is 111 Å². The predicted molar refractivity (Wildman–Crippen MR) is 165 cm³/mol. The lowest BCUT2D eigenvalue weighted by atomic mass is 9.47. The summed E-state index contributed by atoms with van der Waals surface area (Å²) in [7, 11) is 2.18. The number of hydrogen-bond acceptors (Lipinski definition) is 4. The van der Waals surface area contributed by atoms with Gasteiger partial charge in [-0.25, -0.2) is 4.79 Å². The Hall–Kier alpha value is -1.07. The molecule has 5 aliphatic rings. The van der Waals surface area contributed by atoms with Crippen LogP contribution < -0.4 is 5.32 Å². The van der Waals surface area contributed by atoms with Crippen molar-refractivity contribution in [3.05, 3.63) is 11.6 Å². The first kappa shape index (κ1) is 30.4. The zero-order valence-electron chi connectivity index (χ0n) is 26.9. The van der Waals surface area contributed by atoms with Gasteiger partial charge in [0.15, 0.2) is 0 Å². The Morgan fingerprint density at radius 2 is 1.80 bits per heavy atom. The third-order valence-corrected chi connectivity index (χ3v) is 12.8. The molecule has 4 unspecified atom stereocenters. The molecule has 3 saturated carbocycles. The fourth-order valence-electron chi connectivity index (χ4n) is 10.3. The van der Waals surface area contributed by atoms with Crippen molar-refractivity contribution in [1.82, 2.24) is 15.1 Å². The van der Waals surface area contributed by atoms with Gasteiger partial charge in [-0.3, -0.25) is 4.90 Å². The van der Waals surface area contributed by atoms with Crippen molar-refractivity contribution in [3.8, 4) is 0 Å². The third-order valence-electron chi connectivity index (χ3n) is 12.8. The van der Waals surface area contributed by atoms with Gasteiger partial charge in [-0.05, 0) is 98.3 Å². The molecule has 4 fully saturated rings. The topological polar surface area (TPSA) is 44.8 Å². The number of carbonyl (C=O) groups excluding carboxylic acids is 1. The highest BCUT2D eigenvalue weighted by Crippen LogP contribution is 2.67. The van der Waals surface area contributed by atoms with Crippen LogP contribution >= 0.6 is 0 Å². The molecule has 1 heterocycles. The summed E-state index contributed by atoms with van der Waals surface area (Å²) in [5, 5.41) is 3.04. The fraction of sp³-hybridized carbons (Fsp3) is 0.914. The van der Waals surface area contributed by atoms with Crippen LogP contribution in [-0.2, 0) is 4.74 Å². The number of nitrogens with zero attached hydrogens (tertiary/aromatic N) is 2. The van der Waals surface area contributed by atoms with Gasteiger partial charge in [0.1, 0.15) is 6.10 Å². The van der Waals surface area contributed by atoms with Crippen molar-refractivity contribution in [2.75, 3.05) is 46.3 Å². The molecular formula is C35H61N3O2. The zero-order chi connectivity index (χ0) is 28.5. The second-order valence-electron chi connectivity index (χ2n) is 15.6. The van der Waals surface area contributed by atoms with Crippen LogP contribution in [0.5, 0.6) is 0 Å². The standard InChI is InChI=1S/C35H61N3O2/c1-25(2)8-7-9-26(3)30-12-13-31-29-11-10-27-24-28(14-16-34(27,4)32(29)15-17-35(30,31)5)40-33(39)36-18-19-38-22-20-37(6)21-23-38/h10,25-26,28-32H,7-9,11-24H2,1-6H3,(H,36,39)/t26-,28?,29?,30-,31+,32+,34?,35?/m1/s1. The van der Waals surface area contributed by atoms with E-state index in [2.05, 4.69) is 62.9 Å². The van der Waals surface area contributed by atoms with E-state index in [1.807, 2.05) is 0 Å². The smallest absolute Gasteiger partial charge is 0.407 e. The summed E-state index contributed by atoms with van der Waals surface area (Å²) in [5.41, 5.74) is 2.46. The van der Waals surface area contributed by atoms with Crippen LogP contribution in [0.2, 0.25) is 0 Å². The van der Waals surface area contributed by atoms with Gasteiger partial charge in [-0.15, -0.1) is 0 Å². The van der Waals surface area contributed by atoms with Crippen LogP contribution in [0.4, 0.5) is 4.79 Å². The average Bonchev–Trinajstić information content (AvgIpc) is 3.27. The predicted octanol–water partition coefficient (Wildman–Crippen LogP) is 7.37. The SMILES string of the molecule is CC(C)CCC[C@@H](C)[C@H]1CC[C@H]2C3CC=C4CC(OC(=O)NCCN5CCN(C)CC5)CCC4(C)[C@H]3CCC12C. The maximum atomic E-state index is 12.6. The van der Waals surface area contributed by atoms with Gasteiger partial charge >= 0.3 is 6.09 Å². The van der Waals surface area contributed by atoms with E-state index in [1.165, 1.54) is 57.8 Å². The number of alkyl carbamates (subject to hydrolysis) is 1. The first-order chi connectivity index (χ1) is 19.1. The Bertz CT molecular complexity index is 895. The maximum Gasteiger partial charge on any atom is 0.407 e. The number of carbonyl (C=O) groups is 1. The number of likely N-dealkylation sites (N-methyl/N-ethyl adjacent to an activating group) is 1. The zero-order valence-corrected chi connectivity index (χ0v) is 26.9. The first-order valence-corrected chi connectivity index (χ1v) is 17.1. The van der Waals surface area contributed by atoms with E-state index in [4.69, 9.17) is 4.74 Å². The normalized spacial score (nSPS) is 39.2. The molecule has 1 amide bonds. The van der Waals surface area contributed by atoms with Gasteiger partial charge in [0.05, 0.1) is 0 Å². The molecular weight excluding hydrogens is 494 g/mol. The number of hydrogen-bond donors (Lipinski definition) is 1. The number of fused-ring (bicyclic) bond motifs is 5. The molecule has 4 aliphatic carbocycles. The van der Waals surface area contributed by atoms with Gasteiger partial charge in [-0.2, -0.15) is 0 Å². The summed E-state index contributed by atoms with van der Waals surface area (Å²) in [6, 6.07) is 0. The van der Waals surface area contributed by atoms with Crippen molar-refractivity contribution < 1.29 is 9.53 Å². The fourth-order valence-corrected chi connectivity index (χ4v) is 10.3. The lowest BCUT2D eigenvalue weighted by Gasteiger charge is -2.58. The monoisotopic (exact) mass is 555 g/mol. The average molecular weight is 556 g/mol. The van der Waals surface area contributed by atoms with Crippen LogP contribution in [-0.4, -0.2) is 68.3 Å². The van der Waals surface area contributed by atoms with E-state index in [1.54, 1.807) is 5.57 Å². The second kappa shape index (κ2) is 12.7. The Morgan fingerprint density at radius 3 is 2.55 bits per heavy atom. The van der Waals surface area contributed by atoms with Crippen molar-refractivity contribution in [3.63, 3.8) is 0 Å². The van der Waals surface area contributed by atoms with Gasteiger partial charge in [0, 0.05) is 45.7 Å². The number of ether oxygens (including phenoxy) is 1. The van der Waals surface area contributed by atoms with Gasteiger partial charge in [0.2, 0.25) is 0 Å². The molecule has 1 N–H and O–H groups in total. The molecule has 228 valence electrons. The molecule has 0 aromatic carbocycles. The molecule has 5 nitrogen and oxygen atoms in total. The van der Waals surface area contributed by atoms with E-state index >= 15 is 0 Å². The van der Waals surface area contributed by atoms with Crippen LogP contribution in [0.3, 0.4) is 0 Å². The number of amides is 1. The summed E-state index contributed by atoms with van der Waals surface area (Å²) in [6.45, 7) is 18.6. The minimum atomic E-state index is -0.218. The van der Waals surface area contributed by atoms with Gasteiger partial charge in [0.25, 0.3) is 0 Å². The molecule has 1 saturated heterocycles. The highest BCUT2D eigenvalue weighted by Gasteiger charge is 2.59. The van der Waals surface area contributed by atoms with Crippen molar-refractivity contribution in [1.29, 1.82) is 0 Å². The van der Waals surface area contributed by atoms with Crippen LogP contribution in [0.1, 0.15) is 105 Å². The summed E-state index contributed by atoms with van der Waals surface area (Å²) >= 11 is 0. The van der Waals surface area contributed by atoms with Crippen LogP contribution in [0.15, 0.2) is 11.6 Å². The minimum absolute atomic E-state index is 0.0379. The summed E-state index contributed by atoms with van der Waals surface area (Å²) in [4.78, 5) is 17.4. The van der Waals surface area contributed by atoms with Crippen LogP contribution in [0.25, 0.3) is 0 Å². The molecule has 5 heteroatoms.